The smallest absolute Gasteiger partial charge is 0.406 e. The number of nitrogens with zero attached hydrogens (tertiary/aromatic N) is 1. The van der Waals surface area contributed by atoms with Crippen molar-refractivity contribution in [1.82, 2.24) is 4.90 Å². The summed E-state index contributed by atoms with van der Waals surface area (Å²) < 4.78 is 40.9. The van der Waals surface area contributed by atoms with Crippen LogP contribution in [0.4, 0.5) is 18.9 Å². The van der Waals surface area contributed by atoms with Gasteiger partial charge in [0.15, 0.2) is 0 Å². The van der Waals surface area contributed by atoms with Crippen molar-refractivity contribution in [2.45, 2.75) is 31.5 Å². The van der Waals surface area contributed by atoms with E-state index in [1.807, 2.05) is 0 Å². The van der Waals surface area contributed by atoms with Gasteiger partial charge in [0.1, 0.15) is 5.75 Å². The second kappa shape index (κ2) is 5.75. The van der Waals surface area contributed by atoms with Crippen LogP contribution in [-0.4, -0.2) is 37.4 Å². The van der Waals surface area contributed by atoms with Gasteiger partial charge in [0.05, 0.1) is 0 Å². The molecule has 3 rings (SSSR count). The minimum Gasteiger partial charge on any atom is -0.406 e. The van der Waals surface area contributed by atoms with Gasteiger partial charge in [-0.25, -0.2) is 0 Å². The number of rotatable bonds is 4. The van der Waals surface area contributed by atoms with E-state index in [-0.39, 0.29) is 11.7 Å². The molecule has 0 spiro atoms. The molecule has 0 aromatic heterocycles. The summed E-state index contributed by atoms with van der Waals surface area (Å²) in [6.07, 6.45) is -1.16. The van der Waals surface area contributed by atoms with Crippen LogP contribution in [-0.2, 0) is 0 Å². The number of halogens is 3. The molecule has 1 saturated heterocycles. The van der Waals surface area contributed by atoms with Gasteiger partial charge in [-0.1, -0.05) is 0 Å². The van der Waals surface area contributed by atoms with E-state index in [2.05, 4.69) is 15.0 Å². The predicted molar refractivity (Wildman–Crippen MR) is 74.6 cm³/mol. The van der Waals surface area contributed by atoms with Crippen molar-refractivity contribution in [2.75, 3.05) is 31.5 Å². The Balaban J connectivity index is 1.66. The van der Waals surface area contributed by atoms with Gasteiger partial charge in [0, 0.05) is 18.2 Å². The van der Waals surface area contributed by atoms with E-state index in [4.69, 9.17) is 0 Å². The highest BCUT2D eigenvalue weighted by Gasteiger charge is 2.32. The number of benzene rings is 1. The van der Waals surface area contributed by atoms with Crippen molar-refractivity contribution in [3.05, 3.63) is 23.8 Å². The van der Waals surface area contributed by atoms with Gasteiger partial charge in [-0.3, -0.25) is 0 Å². The fourth-order valence-corrected chi connectivity index (χ4v) is 3.18. The van der Waals surface area contributed by atoms with Crippen LogP contribution in [0.1, 0.15) is 30.7 Å². The van der Waals surface area contributed by atoms with Gasteiger partial charge in [-0.2, -0.15) is 0 Å². The topological polar surface area (TPSA) is 24.5 Å². The van der Waals surface area contributed by atoms with Crippen LogP contribution in [0.5, 0.6) is 5.75 Å². The number of nitrogens with one attached hydrogen (secondary N) is 1. The Morgan fingerprint density at radius 1 is 1.24 bits per heavy atom. The molecule has 3 nitrogen and oxygen atoms in total. The van der Waals surface area contributed by atoms with E-state index >= 15 is 0 Å². The van der Waals surface area contributed by atoms with E-state index in [9.17, 15) is 13.2 Å². The van der Waals surface area contributed by atoms with Crippen LogP contribution in [0.2, 0.25) is 0 Å². The Kier molecular flexibility index (Phi) is 3.97. The number of likely N-dealkylation sites (tertiary alicyclic amines) is 1. The minimum absolute atomic E-state index is 0.129. The number of hydrogen-bond acceptors (Lipinski definition) is 3. The normalized spacial score (nSPS) is 22.1. The first kappa shape index (κ1) is 14.5. The van der Waals surface area contributed by atoms with Crippen LogP contribution < -0.4 is 10.1 Å². The lowest BCUT2D eigenvalue weighted by Crippen LogP contribution is -2.22. The van der Waals surface area contributed by atoms with Gasteiger partial charge in [-0.15, -0.1) is 13.2 Å². The molecule has 116 valence electrons. The fourth-order valence-electron chi connectivity index (χ4n) is 3.18. The third-order valence-corrected chi connectivity index (χ3v) is 4.23. The van der Waals surface area contributed by atoms with E-state index in [0.29, 0.717) is 0 Å². The van der Waals surface area contributed by atoms with Crippen LogP contribution in [0.15, 0.2) is 18.2 Å². The van der Waals surface area contributed by atoms with Crippen molar-refractivity contribution < 1.29 is 17.9 Å². The zero-order valence-corrected chi connectivity index (χ0v) is 11.7. The summed E-state index contributed by atoms with van der Waals surface area (Å²) in [6.45, 7) is 4.09. The molecule has 21 heavy (non-hydrogen) atoms. The zero-order chi connectivity index (χ0) is 14.9. The minimum atomic E-state index is -4.63. The molecule has 2 aliphatic heterocycles. The molecule has 1 aromatic rings. The lowest BCUT2D eigenvalue weighted by atomic mass is 9.97. The van der Waals surface area contributed by atoms with E-state index in [1.165, 1.54) is 25.0 Å². The van der Waals surface area contributed by atoms with Gasteiger partial charge < -0.3 is 15.0 Å². The van der Waals surface area contributed by atoms with Crippen LogP contribution in [0.25, 0.3) is 0 Å². The van der Waals surface area contributed by atoms with Gasteiger partial charge in [-0.05, 0) is 62.7 Å². The third kappa shape index (κ3) is 3.61. The maximum Gasteiger partial charge on any atom is 0.573 e. The Bertz CT molecular complexity index is 498. The molecular weight excluding hydrogens is 281 g/mol. The molecule has 1 N–H and O–H groups in total. The highest BCUT2D eigenvalue weighted by Crippen LogP contribution is 2.37. The standard InChI is InChI=1S/C15H19F3N2O/c16-15(17,18)21-12-3-4-14-13(9-12)11(10-19-14)5-8-20-6-1-2-7-20/h3-4,9,11,19H,1-2,5-8,10H2. The lowest BCUT2D eigenvalue weighted by Gasteiger charge is -2.18. The average molecular weight is 300 g/mol. The summed E-state index contributed by atoms with van der Waals surface area (Å²) in [4.78, 5) is 2.42. The molecule has 1 fully saturated rings. The summed E-state index contributed by atoms with van der Waals surface area (Å²) in [5.74, 6) is 0.133. The number of ether oxygens (including phenoxy) is 1. The van der Waals surface area contributed by atoms with Crippen LogP contribution in [0, 0.1) is 0 Å². The zero-order valence-electron chi connectivity index (χ0n) is 11.7. The average Bonchev–Trinajstić information content (AvgIpc) is 3.03. The predicted octanol–water partition coefficient (Wildman–Crippen LogP) is 3.58. The number of alkyl halides is 3. The van der Waals surface area contributed by atoms with Gasteiger partial charge >= 0.3 is 6.36 Å². The number of hydrogen-bond donors (Lipinski definition) is 1. The summed E-state index contributed by atoms with van der Waals surface area (Å²) in [5, 5.41) is 3.26. The summed E-state index contributed by atoms with van der Waals surface area (Å²) >= 11 is 0. The van der Waals surface area contributed by atoms with Gasteiger partial charge in [0.2, 0.25) is 0 Å². The second-order valence-electron chi connectivity index (χ2n) is 5.71. The highest BCUT2D eigenvalue weighted by atomic mass is 19.4. The fraction of sp³-hybridized carbons (Fsp3) is 0.600. The van der Waals surface area contributed by atoms with Crippen molar-refractivity contribution in [1.29, 1.82) is 0 Å². The quantitative estimate of drug-likeness (QED) is 0.920. The molecule has 6 heteroatoms. The molecule has 0 bridgehead atoms. The maximum absolute atomic E-state index is 12.3. The van der Waals surface area contributed by atoms with E-state index < -0.39 is 6.36 Å². The van der Waals surface area contributed by atoms with E-state index in [0.717, 1.165) is 43.9 Å². The first-order valence-corrected chi connectivity index (χ1v) is 7.37. The highest BCUT2D eigenvalue weighted by molar-refractivity contribution is 5.60. The molecule has 2 heterocycles. The van der Waals surface area contributed by atoms with E-state index in [1.54, 1.807) is 6.07 Å². The Hall–Kier alpha value is -1.43. The molecule has 0 saturated carbocycles. The third-order valence-electron chi connectivity index (χ3n) is 4.23. The number of anilines is 1. The van der Waals surface area contributed by atoms with Crippen molar-refractivity contribution in [3.8, 4) is 5.75 Å². The Morgan fingerprint density at radius 3 is 2.71 bits per heavy atom. The molecule has 0 amide bonds. The summed E-state index contributed by atoms with van der Waals surface area (Å²) in [6, 6.07) is 4.56. The first-order valence-electron chi connectivity index (χ1n) is 7.37. The molecule has 1 unspecified atom stereocenters. The molecule has 1 atom stereocenters. The molecule has 0 radical (unpaired) electrons. The molecular formula is C15H19F3N2O. The largest absolute Gasteiger partial charge is 0.573 e. The first-order chi connectivity index (χ1) is 10.0. The number of fused-ring (bicyclic) bond motifs is 1. The SMILES string of the molecule is FC(F)(F)Oc1ccc2c(c1)C(CCN1CCCC1)CN2. The second-order valence-corrected chi connectivity index (χ2v) is 5.71. The van der Waals surface area contributed by atoms with Crippen molar-refractivity contribution in [2.24, 2.45) is 0 Å². The Morgan fingerprint density at radius 2 is 2.00 bits per heavy atom. The molecule has 2 aliphatic rings. The lowest BCUT2D eigenvalue weighted by molar-refractivity contribution is -0.274. The van der Waals surface area contributed by atoms with Crippen molar-refractivity contribution in [3.63, 3.8) is 0 Å². The van der Waals surface area contributed by atoms with Crippen LogP contribution in [0.3, 0.4) is 0 Å². The molecule has 1 aromatic carbocycles. The van der Waals surface area contributed by atoms with Crippen LogP contribution >= 0.6 is 0 Å². The summed E-state index contributed by atoms with van der Waals surface area (Å²) in [7, 11) is 0. The van der Waals surface area contributed by atoms with Gasteiger partial charge in [0.25, 0.3) is 0 Å². The monoisotopic (exact) mass is 300 g/mol. The Labute approximate surface area is 122 Å². The summed E-state index contributed by atoms with van der Waals surface area (Å²) in [5.41, 5.74) is 1.87. The van der Waals surface area contributed by atoms with Crippen molar-refractivity contribution >= 4 is 5.69 Å². The maximum atomic E-state index is 12.3. The molecule has 0 aliphatic carbocycles.